The van der Waals surface area contributed by atoms with Crippen molar-refractivity contribution in [2.45, 2.75) is 13.5 Å². The van der Waals surface area contributed by atoms with Crippen LogP contribution < -0.4 is 5.56 Å². The van der Waals surface area contributed by atoms with Crippen LogP contribution in [0.2, 0.25) is 0 Å². The zero-order valence-corrected chi connectivity index (χ0v) is 10.7. The van der Waals surface area contributed by atoms with E-state index < -0.39 is 0 Å². The van der Waals surface area contributed by atoms with Crippen molar-refractivity contribution in [3.05, 3.63) is 41.1 Å². The van der Waals surface area contributed by atoms with E-state index in [0.717, 1.165) is 11.4 Å². The monoisotopic (exact) mass is 255 g/mol. The maximum absolute atomic E-state index is 12.2. The summed E-state index contributed by atoms with van der Waals surface area (Å²) in [5.74, 6) is 0.769. The first-order valence-corrected chi connectivity index (χ1v) is 6.05. The van der Waals surface area contributed by atoms with E-state index in [4.69, 9.17) is 0 Å². The van der Waals surface area contributed by atoms with Gasteiger partial charge in [0.1, 0.15) is 16.9 Å². The third-order valence-corrected chi connectivity index (χ3v) is 3.10. The molecule has 96 valence electrons. The van der Waals surface area contributed by atoms with Crippen molar-refractivity contribution in [1.82, 2.24) is 24.3 Å². The lowest BCUT2D eigenvalue weighted by Crippen LogP contribution is -2.21. The summed E-state index contributed by atoms with van der Waals surface area (Å²) in [5, 5.41) is 4.01. The highest BCUT2D eigenvalue weighted by Crippen LogP contribution is 2.21. The summed E-state index contributed by atoms with van der Waals surface area (Å²) in [6.45, 7) is 2.67. The van der Waals surface area contributed by atoms with Crippen LogP contribution in [0.1, 0.15) is 6.92 Å². The van der Waals surface area contributed by atoms with Crippen molar-refractivity contribution in [1.29, 1.82) is 0 Å². The van der Waals surface area contributed by atoms with E-state index in [1.165, 1.54) is 4.68 Å². The summed E-state index contributed by atoms with van der Waals surface area (Å²) in [7, 11) is 1.64. The second-order valence-electron chi connectivity index (χ2n) is 4.22. The first kappa shape index (κ1) is 11.6. The molecule has 6 heteroatoms. The van der Waals surface area contributed by atoms with Crippen molar-refractivity contribution in [2.75, 3.05) is 0 Å². The fourth-order valence-corrected chi connectivity index (χ4v) is 2.16. The fraction of sp³-hybridized carbons (Fsp3) is 0.231. The van der Waals surface area contributed by atoms with Crippen molar-refractivity contribution in [2.24, 2.45) is 7.05 Å². The van der Waals surface area contributed by atoms with Gasteiger partial charge in [0, 0.05) is 31.5 Å². The Hall–Kier alpha value is -2.50. The van der Waals surface area contributed by atoms with Crippen LogP contribution in [0.25, 0.3) is 22.4 Å². The molecular formula is C13H13N5O. The predicted octanol–water partition coefficient (Wildman–Crippen LogP) is 1.21. The molecule has 0 aliphatic rings. The molecule has 0 atom stereocenters. The summed E-state index contributed by atoms with van der Waals surface area (Å²) >= 11 is 0. The highest BCUT2D eigenvalue weighted by Gasteiger charge is 2.15. The second-order valence-corrected chi connectivity index (χ2v) is 4.22. The molecule has 6 nitrogen and oxygen atoms in total. The van der Waals surface area contributed by atoms with Crippen LogP contribution in [0.5, 0.6) is 0 Å². The first-order valence-electron chi connectivity index (χ1n) is 6.05. The number of hydrogen-bond donors (Lipinski definition) is 0. The number of hydrogen-bond acceptors (Lipinski definition) is 4. The third-order valence-electron chi connectivity index (χ3n) is 3.10. The molecule has 0 aliphatic carbocycles. The number of aromatic nitrogens is 5. The number of imidazole rings is 1. The molecule has 0 radical (unpaired) electrons. The standard InChI is InChI=1S/C13H13N5O/c1-3-18-11-10(8-15-17(2)13(11)19)16-12(18)9-4-6-14-7-5-9/h4-8H,3H2,1-2H3. The zero-order chi connectivity index (χ0) is 13.4. The minimum Gasteiger partial charge on any atom is -0.320 e. The largest absolute Gasteiger partial charge is 0.320 e. The Morgan fingerprint density at radius 2 is 2.00 bits per heavy atom. The minimum atomic E-state index is -0.132. The van der Waals surface area contributed by atoms with Gasteiger partial charge in [-0.15, -0.1) is 0 Å². The van der Waals surface area contributed by atoms with Gasteiger partial charge in [0.2, 0.25) is 0 Å². The van der Waals surface area contributed by atoms with Gasteiger partial charge in [-0.2, -0.15) is 5.10 Å². The summed E-state index contributed by atoms with van der Waals surface area (Å²) in [6, 6.07) is 3.76. The van der Waals surface area contributed by atoms with Crippen LogP contribution in [0, 0.1) is 0 Å². The molecule has 0 aliphatic heterocycles. The number of nitrogens with zero attached hydrogens (tertiary/aromatic N) is 5. The Morgan fingerprint density at radius 3 is 2.68 bits per heavy atom. The minimum absolute atomic E-state index is 0.132. The summed E-state index contributed by atoms with van der Waals surface area (Å²) in [5.41, 5.74) is 2.02. The summed E-state index contributed by atoms with van der Waals surface area (Å²) in [6.07, 6.45) is 5.05. The van der Waals surface area contributed by atoms with Crippen molar-refractivity contribution in [3.63, 3.8) is 0 Å². The Labute approximate surface area is 109 Å². The van der Waals surface area contributed by atoms with Gasteiger partial charge in [-0.3, -0.25) is 9.78 Å². The zero-order valence-electron chi connectivity index (χ0n) is 10.7. The molecule has 0 saturated carbocycles. The van der Waals surface area contributed by atoms with E-state index in [2.05, 4.69) is 15.1 Å². The summed E-state index contributed by atoms with van der Waals surface area (Å²) < 4.78 is 3.24. The van der Waals surface area contributed by atoms with Crippen LogP contribution >= 0.6 is 0 Å². The summed E-state index contributed by atoms with van der Waals surface area (Å²) in [4.78, 5) is 20.7. The van der Waals surface area contributed by atoms with Crippen LogP contribution in [-0.2, 0) is 13.6 Å². The van der Waals surface area contributed by atoms with Crippen molar-refractivity contribution >= 4 is 11.0 Å². The molecule has 0 amide bonds. The van der Waals surface area contributed by atoms with Gasteiger partial charge >= 0.3 is 0 Å². The molecule has 0 fully saturated rings. The van der Waals surface area contributed by atoms with Gasteiger partial charge < -0.3 is 4.57 Å². The highest BCUT2D eigenvalue weighted by atomic mass is 16.1. The number of rotatable bonds is 2. The lowest BCUT2D eigenvalue weighted by molar-refractivity contribution is 0.705. The maximum Gasteiger partial charge on any atom is 0.292 e. The molecule has 0 bridgehead atoms. The van der Waals surface area contributed by atoms with Gasteiger partial charge in [0.05, 0.1) is 6.20 Å². The number of fused-ring (bicyclic) bond motifs is 1. The lowest BCUT2D eigenvalue weighted by atomic mass is 10.2. The normalized spacial score (nSPS) is 11.1. The van der Waals surface area contributed by atoms with Crippen LogP contribution in [0.15, 0.2) is 35.5 Å². The molecule has 3 heterocycles. The van der Waals surface area contributed by atoms with E-state index in [-0.39, 0.29) is 5.56 Å². The SMILES string of the molecule is CCn1c(-c2ccncc2)nc2cnn(C)c(=O)c21. The molecule has 0 N–H and O–H groups in total. The Morgan fingerprint density at radius 1 is 1.26 bits per heavy atom. The molecule has 3 rings (SSSR count). The quantitative estimate of drug-likeness (QED) is 0.690. The molecule has 0 saturated heterocycles. The van der Waals surface area contributed by atoms with Gasteiger partial charge in [-0.05, 0) is 19.1 Å². The second kappa shape index (κ2) is 4.31. The van der Waals surface area contributed by atoms with Gasteiger partial charge in [0.25, 0.3) is 5.56 Å². The number of aryl methyl sites for hydroxylation is 2. The van der Waals surface area contributed by atoms with E-state index >= 15 is 0 Å². The Balaban J connectivity index is 2.39. The van der Waals surface area contributed by atoms with E-state index in [0.29, 0.717) is 17.6 Å². The van der Waals surface area contributed by atoms with Crippen molar-refractivity contribution in [3.8, 4) is 11.4 Å². The molecule has 3 aromatic rings. The van der Waals surface area contributed by atoms with Gasteiger partial charge in [0.15, 0.2) is 0 Å². The highest BCUT2D eigenvalue weighted by molar-refractivity contribution is 5.78. The topological polar surface area (TPSA) is 65.6 Å². The van der Waals surface area contributed by atoms with Gasteiger partial charge in [-0.25, -0.2) is 9.67 Å². The van der Waals surface area contributed by atoms with E-state index in [9.17, 15) is 4.79 Å². The van der Waals surface area contributed by atoms with Crippen LogP contribution in [0.3, 0.4) is 0 Å². The average molecular weight is 255 g/mol. The van der Waals surface area contributed by atoms with Crippen molar-refractivity contribution < 1.29 is 0 Å². The van der Waals surface area contributed by atoms with Gasteiger partial charge in [-0.1, -0.05) is 0 Å². The molecule has 0 spiro atoms. The fourth-order valence-electron chi connectivity index (χ4n) is 2.16. The van der Waals surface area contributed by atoms with Crippen LogP contribution in [0.4, 0.5) is 0 Å². The molecule has 0 unspecified atom stereocenters. The smallest absolute Gasteiger partial charge is 0.292 e. The maximum atomic E-state index is 12.2. The molecular weight excluding hydrogens is 242 g/mol. The molecule has 19 heavy (non-hydrogen) atoms. The Kier molecular flexibility index (Phi) is 2.63. The molecule has 3 aromatic heterocycles. The van der Waals surface area contributed by atoms with E-state index in [1.807, 2.05) is 23.6 Å². The lowest BCUT2D eigenvalue weighted by Gasteiger charge is -2.05. The molecule has 0 aromatic carbocycles. The van der Waals surface area contributed by atoms with E-state index in [1.54, 1.807) is 25.6 Å². The third kappa shape index (κ3) is 1.72. The first-order chi connectivity index (χ1) is 9.22. The van der Waals surface area contributed by atoms with Crippen LogP contribution in [-0.4, -0.2) is 24.3 Å². The number of pyridine rings is 1. The average Bonchev–Trinajstić information content (AvgIpc) is 2.83. The Bertz CT molecular complexity index is 788. The predicted molar refractivity (Wildman–Crippen MR) is 71.7 cm³/mol.